The first kappa shape index (κ1) is 9.50. The molecule has 0 aliphatic carbocycles. The van der Waals surface area contributed by atoms with Gasteiger partial charge in [0.25, 0.3) is 0 Å². The van der Waals surface area contributed by atoms with Gasteiger partial charge in [-0.05, 0) is 0 Å². The van der Waals surface area contributed by atoms with Crippen molar-refractivity contribution >= 4 is 0 Å². The Labute approximate surface area is 80.3 Å². The summed E-state index contributed by atoms with van der Waals surface area (Å²) in [6, 6.07) is 0.955. The molecule has 0 spiro atoms. The first-order valence-electron chi connectivity index (χ1n) is 3.79. The summed E-state index contributed by atoms with van der Waals surface area (Å²) < 4.78 is 42.8. The number of aromatic amines is 1. The third-order valence-electron chi connectivity index (χ3n) is 1.68. The van der Waals surface area contributed by atoms with E-state index in [4.69, 9.17) is 0 Å². The normalized spacial score (nSPS) is 10.6. The van der Waals surface area contributed by atoms with Gasteiger partial charge in [0.15, 0.2) is 5.82 Å². The van der Waals surface area contributed by atoms with Gasteiger partial charge in [0, 0.05) is 12.1 Å². The number of rotatable bonds is 1. The highest BCUT2D eigenvalue weighted by Crippen LogP contribution is 2.22. The van der Waals surface area contributed by atoms with Gasteiger partial charge in [-0.25, -0.2) is 18.0 Å². The van der Waals surface area contributed by atoms with Crippen molar-refractivity contribution in [2.45, 2.75) is 0 Å². The number of aromatic nitrogens is 2. The lowest BCUT2D eigenvalue weighted by molar-refractivity contribution is 0.387. The van der Waals surface area contributed by atoms with Gasteiger partial charge >= 0.3 is 5.76 Å². The second-order valence-corrected chi connectivity index (χ2v) is 2.69. The molecule has 1 aromatic heterocycles. The number of hydrogen-bond acceptors (Lipinski definition) is 3. The molecule has 0 atom stereocenters. The summed E-state index contributed by atoms with van der Waals surface area (Å²) in [4.78, 5) is 12.5. The van der Waals surface area contributed by atoms with Crippen LogP contribution in [0.1, 0.15) is 0 Å². The highest BCUT2D eigenvalue weighted by atomic mass is 19.1. The molecule has 1 heterocycles. The zero-order valence-corrected chi connectivity index (χ0v) is 7.05. The van der Waals surface area contributed by atoms with Gasteiger partial charge in [0.05, 0.1) is 5.56 Å². The predicted octanol–water partition coefficient (Wildman–Crippen LogP) is 1.45. The van der Waals surface area contributed by atoms with Crippen LogP contribution in [0.2, 0.25) is 0 Å². The van der Waals surface area contributed by atoms with Gasteiger partial charge in [0.2, 0.25) is 0 Å². The molecule has 7 heteroatoms. The topological polar surface area (TPSA) is 58.9 Å². The summed E-state index contributed by atoms with van der Waals surface area (Å²) in [6.45, 7) is 0. The van der Waals surface area contributed by atoms with E-state index < -0.39 is 34.6 Å². The lowest BCUT2D eigenvalue weighted by atomic mass is 10.2. The summed E-state index contributed by atoms with van der Waals surface area (Å²) in [5.41, 5.74) is -0.637. The van der Waals surface area contributed by atoms with Crippen molar-refractivity contribution in [1.29, 1.82) is 0 Å². The maximum Gasteiger partial charge on any atom is 0.439 e. The maximum absolute atomic E-state index is 13.1. The number of hydrogen-bond donors (Lipinski definition) is 1. The molecule has 0 saturated carbocycles. The average Bonchev–Trinajstić information content (AvgIpc) is 2.49. The molecule has 0 bridgehead atoms. The van der Waals surface area contributed by atoms with Crippen LogP contribution in [0, 0.1) is 17.5 Å². The van der Waals surface area contributed by atoms with Crippen molar-refractivity contribution in [3.8, 4) is 11.4 Å². The Bertz CT molecular complexity index is 538. The molecule has 1 N–H and O–H groups in total. The molecule has 0 radical (unpaired) electrons. The van der Waals surface area contributed by atoms with E-state index in [0.29, 0.717) is 12.1 Å². The molecule has 2 aromatic rings. The molecule has 2 rings (SSSR count). The second-order valence-electron chi connectivity index (χ2n) is 2.69. The Morgan fingerprint density at radius 1 is 1.20 bits per heavy atom. The zero-order chi connectivity index (χ0) is 11.0. The molecule has 0 saturated heterocycles. The Kier molecular flexibility index (Phi) is 2.07. The summed E-state index contributed by atoms with van der Waals surface area (Å²) in [6.07, 6.45) is 0. The van der Waals surface area contributed by atoms with E-state index in [1.807, 2.05) is 4.98 Å². The molecule has 1 aromatic carbocycles. The van der Waals surface area contributed by atoms with E-state index >= 15 is 0 Å². The Balaban J connectivity index is 2.67. The van der Waals surface area contributed by atoms with Gasteiger partial charge in [-0.3, -0.25) is 9.51 Å². The summed E-state index contributed by atoms with van der Waals surface area (Å²) >= 11 is 0. The fourth-order valence-corrected chi connectivity index (χ4v) is 1.11. The highest BCUT2D eigenvalue weighted by Gasteiger charge is 2.17. The summed E-state index contributed by atoms with van der Waals surface area (Å²) in [7, 11) is 0. The first-order chi connectivity index (χ1) is 7.08. The Morgan fingerprint density at radius 3 is 2.27 bits per heavy atom. The van der Waals surface area contributed by atoms with Crippen LogP contribution in [0.4, 0.5) is 13.2 Å². The van der Waals surface area contributed by atoms with Crippen molar-refractivity contribution in [2.24, 2.45) is 0 Å². The van der Waals surface area contributed by atoms with E-state index in [1.54, 1.807) is 0 Å². The van der Waals surface area contributed by atoms with Crippen LogP contribution < -0.4 is 5.76 Å². The van der Waals surface area contributed by atoms with Gasteiger partial charge in [-0.1, -0.05) is 5.16 Å². The van der Waals surface area contributed by atoms with Crippen molar-refractivity contribution in [2.75, 3.05) is 0 Å². The summed E-state index contributed by atoms with van der Waals surface area (Å²) in [5.74, 6) is -4.77. The first-order valence-corrected chi connectivity index (χ1v) is 3.79. The smallest absolute Gasteiger partial charge is 0.296 e. The van der Waals surface area contributed by atoms with E-state index in [9.17, 15) is 18.0 Å². The average molecular weight is 216 g/mol. The van der Waals surface area contributed by atoms with Crippen LogP contribution in [-0.2, 0) is 0 Å². The minimum Gasteiger partial charge on any atom is -0.296 e. The second kappa shape index (κ2) is 3.26. The summed E-state index contributed by atoms with van der Waals surface area (Å²) in [5, 5.41) is 3.09. The molecular weight excluding hydrogens is 213 g/mol. The maximum atomic E-state index is 13.1. The van der Waals surface area contributed by atoms with Crippen molar-refractivity contribution in [1.82, 2.24) is 10.1 Å². The number of nitrogens with one attached hydrogen (secondary N) is 1. The van der Waals surface area contributed by atoms with Gasteiger partial charge in [-0.15, -0.1) is 0 Å². The number of nitrogens with zero attached hydrogens (tertiary/aromatic N) is 1. The molecular formula is C8H3F3N2O2. The van der Waals surface area contributed by atoms with Crippen LogP contribution in [0.5, 0.6) is 0 Å². The quantitative estimate of drug-likeness (QED) is 0.784. The fraction of sp³-hybridized carbons (Fsp3) is 0. The van der Waals surface area contributed by atoms with E-state index in [-0.39, 0.29) is 0 Å². The molecule has 0 aliphatic heterocycles. The molecule has 0 aliphatic rings. The number of H-pyrrole nitrogens is 1. The molecule has 0 fully saturated rings. The SMILES string of the molecule is O=c1[nH]c(-c2c(F)cc(F)cc2F)no1. The molecule has 15 heavy (non-hydrogen) atoms. The van der Waals surface area contributed by atoms with E-state index in [1.165, 1.54) is 0 Å². The van der Waals surface area contributed by atoms with Crippen LogP contribution in [0.25, 0.3) is 11.4 Å². The third-order valence-corrected chi connectivity index (χ3v) is 1.68. The van der Waals surface area contributed by atoms with Crippen LogP contribution >= 0.6 is 0 Å². The molecule has 0 amide bonds. The lowest BCUT2D eigenvalue weighted by Gasteiger charge is -1.99. The van der Waals surface area contributed by atoms with E-state index in [0.717, 1.165) is 0 Å². The Hall–Kier alpha value is -2.05. The Morgan fingerprint density at radius 2 is 1.80 bits per heavy atom. The third kappa shape index (κ3) is 1.63. The number of halogens is 3. The molecule has 0 unspecified atom stereocenters. The van der Waals surface area contributed by atoms with Crippen LogP contribution in [0.15, 0.2) is 21.5 Å². The van der Waals surface area contributed by atoms with Crippen molar-refractivity contribution < 1.29 is 17.7 Å². The monoisotopic (exact) mass is 216 g/mol. The highest BCUT2D eigenvalue weighted by molar-refractivity contribution is 5.55. The minimum atomic E-state index is -1.17. The van der Waals surface area contributed by atoms with Crippen molar-refractivity contribution in [3.05, 3.63) is 40.1 Å². The fourth-order valence-electron chi connectivity index (χ4n) is 1.11. The van der Waals surface area contributed by atoms with Gasteiger partial charge in [0.1, 0.15) is 17.5 Å². The van der Waals surface area contributed by atoms with Gasteiger partial charge < -0.3 is 0 Å². The molecule has 4 nitrogen and oxygen atoms in total. The van der Waals surface area contributed by atoms with Crippen LogP contribution in [-0.4, -0.2) is 10.1 Å². The van der Waals surface area contributed by atoms with Crippen molar-refractivity contribution in [3.63, 3.8) is 0 Å². The van der Waals surface area contributed by atoms with Crippen LogP contribution in [0.3, 0.4) is 0 Å². The largest absolute Gasteiger partial charge is 0.439 e. The van der Waals surface area contributed by atoms with E-state index in [2.05, 4.69) is 9.68 Å². The minimum absolute atomic E-state index is 0.421. The lowest BCUT2D eigenvalue weighted by Crippen LogP contribution is -1.98. The van der Waals surface area contributed by atoms with Gasteiger partial charge in [-0.2, -0.15) is 0 Å². The zero-order valence-electron chi connectivity index (χ0n) is 7.05. The number of benzene rings is 1. The molecule has 78 valence electrons. The predicted molar refractivity (Wildman–Crippen MR) is 42.4 cm³/mol. The standard InChI is InChI=1S/C8H3F3N2O2/c9-3-1-4(10)6(5(11)2-3)7-12-8(14)15-13-7/h1-2H,(H,12,13,14).